The van der Waals surface area contributed by atoms with E-state index in [1.54, 1.807) is 0 Å². The average Bonchev–Trinajstić information content (AvgIpc) is 2.38. The van der Waals surface area contributed by atoms with Crippen LogP contribution in [0.2, 0.25) is 13.3 Å². The zero-order valence-corrected chi connectivity index (χ0v) is 17.6. The summed E-state index contributed by atoms with van der Waals surface area (Å²) in [4.78, 5) is 0. The van der Waals surface area contributed by atoms with Crippen LogP contribution in [0.5, 0.6) is 0 Å². The summed E-state index contributed by atoms with van der Waals surface area (Å²) in [7, 11) is 0. The predicted octanol–water partition coefficient (Wildman–Crippen LogP) is 5.13. The van der Waals surface area contributed by atoms with Gasteiger partial charge >= 0.3 is 132 Å². The predicted molar refractivity (Wildman–Crippen MR) is 94.0 cm³/mol. The van der Waals surface area contributed by atoms with Gasteiger partial charge in [-0.15, -0.1) is 0 Å². The van der Waals surface area contributed by atoms with Gasteiger partial charge in [0, 0.05) is 0 Å². The molecule has 2 N–H and O–H groups in total. The molecule has 0 unspecified atom stereocenters. The van der Waals surface area contributed by atoms with Crippen molar-refractivity contribution in [2.45, 2.75) is 92.0 Å². The van der Waals surface area contributed by atoms with E-state index < -0.39 is 18.4 Å². The van der Waals surface area contributed by atoms with Gasteiger partial charge in [-0.2, -0.15) is 0 Å². The van der Waals surface area contributed by atoms with Crippen LogP contribution in [-0.2, 0) is 4.74 Å². The van der Waals surface area contributed by atoms with Crippen LogP contribution >= 0.6 is 0 Å². The Morgan fingerprint density at radius 2 is 1.25 bits per heavy atom. The number of ether oxygens (including phenoxy) is 1. The first kappa shape index (κ1) is 20.7. The van der Waals surface area contributed by atoms with E-state index in [2.05, 4.69) is 34.6 Å². The molecule has 0 aliphatic heterocycles. The molecule has 0 rings (SSSR count). The van der Waals surface area contributed by atoms with Crippen LogP contribution in [0.15, 0.2) is 0 Å². The molecule has 0 aromatic rings. The van der Waals surface area contributed by atoms with Gasteiger partial charge in [-0.05, 0) is 0 Å². The van der Waals surface area contributed by atoms with Crippen molar-refractivity contribution in [3.63, 3.8) is 0 Å². The van der Waals surface area contributed by atoms with Gasteiger partial charge in [0.2, 0.25) is 0 Å². The van der Waals surface area contributed by atoms with Gasteiger partial charge in [0.05, 0.1) is 0 Å². The molecular formula is C17H39NOSn. The van der Waals surface area contributed by atoms with Crippen LogP contribution in [0, 0.1) is 0 Å². The van der Waals surface area contributed by atoms with Crippen LogP contribution in [-0.4, -0.2) is 35.1 Å². The minimum absolute atomic E-state index is 0.183. The molecule has 0 aliphatic rings. The molecule has 0 atom stereocenters. The Kier molecular flexibility index (Phi) is 11.7. The van der Waals surface area contributed by atoms with Gasteiger partial charge in [0.1, 0.15) is 0 Å². The number of hydrogen-bond donors (Lipinski definition) is 1. The van der Waals surface area contributed by atoms with Gasteiger partial charge in [-0.3, -0.25) is 0 Å². The molecule has 0 aromatic heterocycles. The van der Waals surface area contributed by atoms with Gasteiger partial charge < -0.3 is 0 Å². The Labute approximate surface area is 132 Å². The number of rotatable bonds is 13. The third-order valence-corrected chi connectivity index (χ3v) is 18.5. The van der Waals surface area contributed by atoms with Gasteiger partial charge in [-0.1, -0.05) is 0 Å². The third kappa shape index (κ3) is 10.4. The topological polar surface area (TPSA) is 35.2 Å². The van der Waals surface area contributed by atoms with Crippen LogP contribution in [0.1, 0.15) is 73.1 Å². The zero-order valence-electron chi connectivity index (χ0n) is 14.8. The van der Waals surface area contributed by atoms with E-state index in [1.807, 2.05) is 0 Å². The first-order valence-electron chi connectivity index (χ1n) is 8.76. The van der Waals surface area contributed by atoms with E-state index in [1.165, 1.54) is 51.8 Å². The molecule has 0 saturated heterocycles. The third-order valence-electron chi connectivity index (χ3n) is 4.06. The van der Waals surface area contributed by atoms with Gasteiger partial charge in [0.25, 0.3) is 0 Å². The van der Waals surface area contributed by atoms with E-state index in [0.717, 1.165) is 11.2 Å². The fourth-order valence-corrected chi connectivity index (χ4v) is 17.1. The molecule has 2 nitrogen and oxygen atoms in total. The molecule has 3 heteroatoms. The van der Waals surface area contributed by atoms with Crippen LogP contribution in [0.4, 0.5) is 0 Å². The first-order chi connectivity index (χ1) is 9.39. The molecule has 0 radical (unpaired) electrons. The van der Waals surface area contributed by atoms with Crippen molar-refractivity contribution in [3.05, 3.63) is 0 Å². The van der Waals surface area contributed by atoms with Crippen molar-refractivity contribution < 1.29 is 4.74 Å². The number of nitrogens with two attached hydrogens (primary N) is 1. The number of unbranched alkanes of at least 4 members (excludes halogenated alkanes) is 3. The Morgan fingerprint density at radius 1 is 0.850 bits per heavy atom. The summed E-state index contributed by atoms with van der Waals surface area (Å²) in [5.74, 6) is 0. The molecule has 0 saturated carbocycles. The Morgan fingerprint density at radius 3 is 1.55 bits per heavy atom. The molecule has 122 valence electrons. The van der Waals surface area contributed by atoms with Gasteiger partial charge in [0.15, 0.2) is 0 Å². The Bertz CT molecular complexity index is 204. The fraction of sp³-hybridized carbons (Fsp3) is 1.00. The molecule has 0 bridgehead atoms. The standard InChI is InChI=1S/C5H12NO.3C4H9.Sn/c1-5(2,6)4-7-3;3*1-3-4-2;/h3-4,6H2,1-2H3;3*1,3-4H2,2H3;. The monoisotopic (exact) mass is 393 g/mol. The summed E-state index contributed by atoms with van der Waals surface area (Å²) in [5.41, 5.74) is 5.88. The summed E-state index contributed by atoms with van der Waals surface area (Å²) in [5, 5.41) is 0. The average molecular weight is 392 g/mol. The maximum atomic E-state index is 6.12. The quantitative estimate of drug-likeness (QED) is 0.441. The van der Waals surface area contributed by atoms with E-state index in [0.29, 0.717) is 0 Å². The van der Waals surface area contributed by atoms with E-state index in [9.17, 15) is 0 Å². The first-order valence-corrected chi connectivity index (χ1v) is 16.8. The van der Waals surface area contributed by atoms with Crippen molar-refractivity contribution in [3.8, 4) is 0 Å². The number of hydrogen-bond acceptors (Lipinski definition) is 2. The molecule has 0 fully saturated rings. The van der Waals surface area contributed by atoms with E-state index >= 15 is 0 Å². The summed E-state index contributed by atoms with van der Waals surface area (Å²) in [6.07, 6.45) is 8.24. The van der Waals surface area contributed by atoms with Crippen LogP contribution in [0.25, 0.3) is 0 Å². The molecule has 0 heterocycles. The molecule has 0 amide bonds. The summed E-state index contributed by atoms with van der Waals surface area (Å²) in [6, 6.07) is 0. The van der Waals surface area contributed by atoms with Crippen molar-refractivity contribution in [2.24, 2.45) is 5.73 Å². The Balaban J connectivity index is 4.57. The molecule has 0 aromatic carbocycles. The minimum atomic E-state index is -2.07. The fourth-order valence-electron chi connectivity index (χ4n) is 2.78. The second-order valence-corrected chi connectivity index (χ2v) is 21.0. The van der Waals surface area contributed by atoms with Crippen molar-refractivity contribution in [2.75, 3.05) is 11.2 Å². The van der Waals surface area contributed by atoms with Crippen LogP contribution < -0.4 is 5.73 Å². The van der Waals surface area contributed by atoms with Crippen molar-refractivity contribution >= 4 is 18.4 Å². The van der Waals surface area contributed by atoms with Crippen molar-refractivity contribution in [1.82, 2.24) is 0 Å². The van der Waals surface area contributed by atoms with Crippen molar-refractivity contribution in [1.29, 1.82) is 0 Å². The SMILES string of the molecule is CCC[CH2][Sn]([CH2]CCC)([CH2]CCC)[CH2]OCC(C)(C)N. The molecule has 0 spiro atoms. The van der Waals surface area contributed by atoms with E-state index in [-0.39, 0.29) is 5.54 Å². The summed E-state index contributed by atoms with van der Waals surface area (Å²) in [6.45, 7) is 11.8. The second kappa shape index (κ2) is 11.3. The molecule has 0 aliphatic carbocycles. The summed E-state index contributed by atoms with van der Waals surface area (Å²) < 4.78 is 11.8. The zero-order chi connectivity index (χ0) is 15.5. The summed E-state index contributed by atoms with van der Waals surface area (Å²) >= 11 is -2.07. The second-order valence-electron chi connectivity index (χ2n) is 7.29. The molecule has 20 heavy (non-hydrogen) atoms. The van der Waals surface area contributed by atoms with Gasteiger partial charge in [-0.25, -0.2) is 0 Å². The normalized spacial score (nSPS) is 12.9. The molecular weight excluding hydrogens is 353 g/mol. The maximum absolute atomic E-state index is 6.12. The van der Waals surface area contributed by atoms with Crippen LogP contribution in [0.3, 0.4) is 0 Å². The Hall–Kier alpha value is 0.719. The van der Waals surface area contributed by atoms with E-state index in [4.69, 9.17) is 10.5 Å².